The Kier molecular flexibility index (Phi) is 2.79. The van der Waals surface area contributed by atoms with Gasteiger partial charge in [-0.05, 0) is 5.41 Å². The van der Waals surface area contributed by atoms with Crippen molar-refractivity contribution in [2.24, 2.45) is 5.41 Å². The predicted molar refractivity (Wildman–Crippen MR) is 53.0 cm³/mol. The molecule has 14 heavy (non-hydrogen) atoms. The fourth-order valence-electron chi connectivity index (χ4n) is 1.76. The molecule has 0 aromatic rings. The third-order valence-corrected chi connectivity index (χ3v) is 2.46. The Bertz CT molecular complexity index is 288. The molecule has 0 aromatic carbocycles. The van der Waals surface area contributed by atoms with Gasteiger partial charge in [0, 0.05) is 19.3 Å². The Morgan fingerprint density at radius 3 is 2.07 bits per heavy atom. The van der Waals surface area contributed by atoms with E-state index in [1.165, 1.54) is 0 Å². The zero-order valence-electron chi connectivity index (χ0n) is 8.89. The molecule has 3 nitrogen and oxygen atoms in total. The summed E-state index contributed by atoms with van der Waals surface area (Å²) in [6.07, 6.45) is 1.03. The summed E-state index contributed by atoms with van der Waals surface area (Å²) >= 11 is 0. The van der Waals surface area contributed by atoms with Crippen LogP contribution in [-0.4, -0.2) is 16.7 Å². The van der Waals surface area contributed by atoms with Crippen LogP contribution in [0.15, 0.2) is 11.3 Å². The first-order valence-electron chi connectivity index (χ1n) is 4.86. The summed E-state index contributed by atoms with van der Waals surface area (Å²) in [7, 11) is 0. The first-order chi connectivity index (χ1) is 6.37. The van der Waals surface area contributed by atoms with Gasteiger partial charge in [0.25, 0.3) is 0 Å². The standard InChI is InChI=1S/C11H16O3/c1-4-7(12)10-8(13)5-11(2,3)6-9(10)14/h12H,4-6H2,1-3H3. The highest BCUT2D eigenvalue weighted by molar-refractivity contribution is 6.22. The summed E-state index contributed by atoms with van der Waals surface area (Å²) in [6.45, 7) is 5.51. The lowest BCUT2D eigenvalue weighted by Gasteiger charge is -2.28. The SMILES string of the molecule is CCC(O)=C1C(=O)CC(C)(C)CC1=O. The number of carbonyl (C=O) groups excluding carboxylic acids is 2. The average molecular weight is 196 g/mol. The van der Waals surface area contributed by atoms with E-state index in [1.54, 1.807) is 6.92 Å². The number of rotatable bonds is 1. The lowest BCUT2D eigenvalue weighted by Crippen LogP contribution is -2.32. The van der Waals surface area contributed by atoms with Crippen molar-refractivity contribution in [3.63, 3.8) is 0 Å². The zero-order chi connectivity index (χ0) is 10.9. The molecule has 0 aromatic heterocycles. The van der Waals surface area contributed by atoms with Crippen LogP contribution in [0.4, 0.5) is 0 Å². The van der Waals surface area contributed by atoms with E-state index in [0.29, 0.717) is 19.3 Å². The molecule has 1 aliphatic rings. The smallest absolute Gasteiger partial charge is 0.170 e. The molecule has 0 heterocycles. The van der Waals surface area contributed by atoms with Crippen molar-refractivity contribution in [1.29, 1.82) is 0 Å². The minimum Gasteiger partial charge on any atom is -0.511 e. The van der Waals surface area contributed by atoms with Gasteiger partial charge in [-0.1, -0.05) is 20.8 Å². The molecule has 0 unspecified atom stereocenters. The van der Waals surface area contributed by atoms with Crippen LogP contribution < -0.4 is 0 Å². The third kappa shape index (κ3) is 2.03. The quantitative estimate of drug-likeness (QED) is 0.397. The molecular formula is C11H16O3. The first-order valence-corrected chi connectivity index (χ1v) is 4.86. The van der Waals surface area contributed by atoms with Gasteiger partial charge in [0.1, 0.15) is 5.76 Å². The molecule has 0 saturated heterocycles. The van der Waals surface area contributed by atoms with E-state index < -0.39 is 0 Å². The highest BCUT2D eigenvalue weighted by atomic mass is 16.3. The molecule has 0 bridgehead atoms. The second kappa shape index (κ2) is 3.56. The number of hydrogen-bond donors (Lipinski definition) is 1. The summed E-state index contributed by atoms with van der Waals surface area (Å²) in [5.41, 5.74) is -0.224. The number of aliphatic hydroxyl groups is 1. The van der Waals surface area contributed by atoms with Crippen molar-refractivity contribution >= 4 is 11.6 Å². The van der Waals surface area contributed by atoms with E-state index in [1.807, 2.05) is 13.8 Å². The second-order valence-corrected chi connectivity index (χ2v) is 4.54. The van der Waals surface area contributed by atoms with Crippen LogP contribution in [0.5, 0.6) is 0 Å². The molecule has 1 saturated carbocycles. The van der Waals surface area contributed by atoms with Gasteiger partial charge in [-0.3, -0.25) is 9.59 Å². The molecule has 1 rings (SSSR count). The maximum Gasteiger partial charge on any atom is 0.170 e. The van der Waals surface area contributed by atoms with Crippen molar-refractivity contribution in [3.8, 4) is 0 Å². The van der Waals surface area contributed by atoms with Crippen LogP contribution in [0.1, 0.15) is 40.0 Å². The maximum absolute atomic E-state index is 11.6. The largest absolute Gasteiger partial charge is 0.511 e. The van der Waals surface area contributed by atoms with Gasteiger partial charge in [-0.2, -0.15) is 0 Å². The first kappa shape index (κ1) is 11.0. The van der Waals surface area contributed by atoms with Crippen LogP contribution >= 0.6 is 0 Å². The summed E-state index contributed by atoms with van der Waals surface area (Å²) in [5, 5.41) is 9.43. The highest BCUT2D eigenvalue weighted by Crippen LogP contribution is 2.34. The molecule has 0 aliphatic heterocycles. The number of allylic oxidation sites excluding steroid dienone is 2. The molecule has 1 N–H and O–H groups in total. The van der Waals surface area contributed by atoms with Crippen molar-refractivity contribution in [1.82, 2.24) is 0 Å². The van der Waals surface area contributed by atoms with Crippen LogP contribution in [-0.2, 0) is 9.59 Å². The van der Waals surface area contributed by atoms with E-state index in [2.05, 4.69) is 0 Å². The lowest BCUT2D eigenvalue weighted by molar-refractivity contribution is -0.127. The zero-order valence-corrected chi connectivity index (χ0v) is 8.89. The topological polar surface area (TPSA) is 54.4 Å². The Morgan fingerprint density at radius 1 is 1.29 bits per heavy atom. The Hall–Kier alpha value is -1.12. The fourth-order valence-corrected chi connectivity index (χ4v) is 1.76. The molecule has 0 amide bonds. The Labute approximate surface area is 83.8 Å². The molecule has 1 aliphatic carbocycles. The minimum atomic E-state index is -0.258. The van der Waals surface area contributed by atoms with E-state index >= 15 is 0 Å². The van der Waals surface area contributed by atoms with Crippen LogP contribution in [0.3, 0.4) is 0 Å². The normalized spacial score (nSPS) is 21.2. The number of Topliss-reactive ketones (excluding diaryl/α,β-unsaturated/α-hetero) is 2. The number of ketones is 2. The highest BCUT2D eigenvalue weighted by Gasteiger charge is 2.37. The van der Waals surface area contributed by atoms with E-state index in [9.17, 15) is 14.7 Å². The lowest BCUT2D eigenvalue weighted by atomic mass is 9.73. The van der Waals surface area contributed by atoms with Crippen molar-refractivity contribution < 1.29 is 14.7 Å². The molecule has 1 fully saturated rings. The summed E-state index contributed by atoms with van der Waals surface area (Å²) in [5.74, 6) is -0.494. The Morgan fingerprint density at radius 2 is 1.71 bits per heavy atom. The number of carbonyl (C=O) groups is 2. The molecule has 78 valence electrons. The fraction of sp³-hybridized carbons (Fsp3) is 0.636. The average Bonchev–Trinajstić information content (AvgIpc) is 1.99. The van der Waals surface area contributed by atoms with Gasteiger partial charge in [-0.15, -0.1) is 0 Å². The van der Waals surface area contributed by atoms with Crippen LogP contribution in [0, 0.1) is 5.41 Å². The van der Waals surface area contributed by atoms with Crippen molar-refractivity contribution in [2.45, 2.75) is 40.0 Å². The predicted octanol–water partition coefficient (Wildman–Crippen LogP) is 2.17. The van der Waals surface area contributed by atoms with E-state index in [0.717, 1.165) is 0 Å². The third-order valence-electron chi connectivity index (χ3n) is 2.46. The molecule has 0 radical (unpaired) electrons. The van der Waals surface area contributed by atoms with E-state index in [4.69, 9.17) is 0 Å². The summed E-state index contributed by atoms with van der Waals surface area (Å²) in [4.78, 5) is 23.2. The van der Waals surface area contributed by atoms with Gasteiger partial charge >= 0.3 is 0 Å². The Balaban J connectivity index is 3.04. The van der Waals surface area contributed by atoms with Gasteiger partial charge in [0.15, 0.2) is 11.6 Å². The van der Waals surface area contributed by atoms with Crippen LogP contribution in [0.25, 0.3) is 0 Å². The van der Waals surface area contributed by atoms with Crippen molar-refractivity contribution in [3.05, 3.63) is 11.3 Å². The summed E-state index contributed by atoms with van der Waals surface area (Å²) in [6, 6.07) is 0. The van der Waals surface area contributed by atoms with Gasteiger partial charge in [-0.25, -0.2) is 0 Å². The maximum atomic E-state index is 11.6. The van der Waals surface area contributed by atoms with Crippen molar-refractivity contribution in [2.75, 3.05) is 0 Å². The van der Waals surface area contributed by atoms with Crippen LogP contribution in [0.2, 0.25) is 0 Å². The number of aliphatic hydroxyl groups excluding tert-OH is 1. The summed E-state index contributed by atoms with van der Waals surface area (Å²) < 4.78 is 0. The minimum absolute atomic E-state index is 0.0341. The second-order valence-electron chi connectivity index (χ2n) is 4.54. The van der Waals surface area contributed by atoms with E-state index in [-0.39, 0.29) is 28.3 Å². The monoisotopic (exact) mass is 196 g/mol. The van der Waals surface area contributed by atoms with Gasteiger partial charge < -0.3 is 5.11 Å². The van der Waals surface area contributed by atoms with Gasteiger partial charge in [0.05, 0.1) is 5.57 Å². The molecule has 0 atom stereocenters. The number of hydrogen-bond acceptors (Lipinski definition) is 3. The molecule has 3 heteroatoms. The molecule has 0 spiro atoms. The van der Waals surface area contributed by atoms with Gasteiger partial charge in [0.2, 0.25) is 0 Å². The molecular weight excluding hydrogens is 180 g/mol.